The van der Waals surface area contributed by atoms with Crippen LogP contribution < -0.4 is 0 Å². The highest BCUT2D eigenvalue weighted by molar-refractivity contribution is 5.91. The summed E-state index contributed by atoms with van der Waals surface area (Å²) in [5.74, 6) is 1.24. The minimum Gasteiger partial charge on any atom is -0.462 e. The standard InChI is InChI=1S/C65H112O9/c1-6-8-10-12-14-16-18-20-22-24-26-28-33-37-60(67)71-50-55(51-72-61(68)38-34-29-27-25-23-21-19-17-15-13-11-9-7-2)73-63(70)48-52(3)36-32-30-31-35-39-62(69)74-59-43-42-57-56-41-40-53-49-54(66)44-46-64(53,4)58(56)45-47-65(57,59)5/h49,52,55-59H,6-48,50-51H2,1-5H3/t52?,56-,57-,58-,59-,64-,65-/m0/s1. The summed E-state index contributed by atoms with van der Waals surface area (Å²) in [6.07, 6.45) is 47.5. The third-order valence-electron chi connectivity index (χ3n) is 18.6. The van der Waals surface area contributed by atoms with Crippen LogP contribution in [0.15, 0.2) is 11.6 Å². The summed E-state index contributed by atoms with van der Waals surface area (Å²) in [7, 11) is 0. The van der Waals surface area contributed by atoms with Gasteiger partial charge in [0.15, 0.2) is 11.9 Å². The van der Waals surface area contributed by atoms with Crippen molar-refractivity contribution in [3.63, 3.8) is 0 Å². The minimum atomic E-state index is -0.834. The Balaban J connectivity index is 1.08. The van der Waals surface area contributed by atoms with Crippen molar-refractivity contribution in [1.29, 1.82) is 0 Å². The van der Waals surface area contributed by atoms with Crippen molar-refractivity contribution in [2.75, 3.05) is 13.2 Å². The molecule has 0 N–H and O–H groups in total. The highest BCUT2D eigenvalue weighted by atomic mass is 16.6. The van der Waals surface area contributed by atoms with Gasteiger partial charge < -0.3 is 18.9 Å². The first kappa shape index (κ1) is 63.8. The van der Waals surface area contributed by atoms with Crippen LogP contribution in [0.3, 0.4) is 0 Å². The van der Waals surface area contributed by atoms with E-state index >= 15 is 0 Å². The smallest absolute Gasteiger partial charge is 0.306 e. The van der Waals surface area contributed by atoms with Crippen molar-refractivity contribution in [2.24, 2.45) is 34.5 Å². The first-order valence-corrected chi connectivity index (χ1v) is 31.8. The third kappa shape index (κ3) is 23.9. The van der Waals surface area contributed by atoms with Gasteiger partial charge in [0.05, 0.1) is 0 Å². The Hall–Kier alpha value is -2.71. The summed E-state index contributed by atoms with van der Waals surface area (Å²) in [6, 6.07) is 0. The summed E-state index contributed by atoms with van der Waals surface area (Å²) >= 11 is 0. The molecular weight excluding hydrogens is 925 g/mol. The molecule has 9 nitrogen and oxygen atoms in total. The van der Waals surface area contributed by atoms with Gasteiger partial charge in [0.25, 0.3) is 0 Å². The first-order chi connectivity index (χ1) is 35.9. The molecule has 0 spiro atoms. The fourth-order valence-electron chi connectivity index (χ4n) is 13.9. The van der Waals surface area contributed by atoms with E-state index in [9.17, 15) is 24.0 Å². The second-order valence-corrected chi connectivity index (χ2v) is 24.8. The predicted molar refractivity (Wildman–Crippen MR) is 300 cm³/mol. The number of hydrogen-bond donors (Lipinski definition) is 0. The van der Waals surface area contributed by atoms with E-state index in [0.29, 0.717) is 49.2 Å². The van der Waals surface area contributed by atoms with E-state index in [1.165, 1.54) is 134 Å². The number of rotatable bonds is 43. The Bertz CT molecular complexity index is 1580. The number of esters is 4. The topological polar surface area (TPSA) is 122 Å². The zero-order chi connectivity index (χ0) is 53.3. The van der Waals surface area contributed by atoms with Crippen molar-refractivity contribution in [2.45, 2.75) is 323 Å². The first-order valence-electron chi connectivity index (χ1n) is 31.8. The SMILES string of the molecule is CCCCCCCCCCCCCCCC(=O)OCC(COC(=O)CCCCCCCCCCCCCCC)OC(=O)CC(C)CCCCCCC(=O)O[C@H]1CC[C@H]2[C@@H]3CCC4=CC(=O)CC[C@]4(C)[C@H]3CC[C@]12C. The summed E-state index contributed by atoms with van der Waals surface area (Å²) in [5, 5.41) is 0. The zero-order valence-corrected chi connectivity index (χ0v) is 48.5. The van der Waals surface area contributed by atoms with E-state index in [0.717, 1.165) is 116 Å². The van der Waals surface area contributed by atoms with Gasteiger partial charge >= 0.3 is 23.9 Å². The number of fused-ring (bicyclic) bond motifs is 5. The van der Waals surface area contributed by atoms with Crippen LogP contribution in [0, 0.1) is 34.5 Å². The third-order valence-corrected chi connectivity index (χ3v) is 18.6. The van der Waals surface area contributed by atoms with Crippen LogP contribution in [0.4, 0.5) is 0 Å². The van der Waals surface area contributed by atoms with Crippen molar-refractivity contribution < 1.29 is 42.9 Å². The second kappa shape index (κ2) is 37.2. The van der Waals surface area contributed by atoms with Crippen molar-refractivity contribution in [3.8, 4) is 0 Å². The normalized spacial score (nSPS) is 23.6. The van der Waals surface area contributed by atoms with E-state index in [-0.39, 0.29) is 66.4 Å². The molecule has 4 rings (SSSR count). The molecule has 426 valence electrons. The van der Waals surface area contributed by atoms with Crippen LogP contribution in [0.25, 0.3) is 0 Å². The number of allylic oxidation sites excluding steroid dienone is 1. The van der Waals surface area contributed by atoms with Crippen LogP contribution in [0.5, 0.6) is 0 Å². The molecule has 74 heavy (non-hydrogen) atoms. The van der Waals surface area contributed by atoms with Crippen LogP contribution in [-0.2, 0) is 42.9 Å². The number of hydrogen-bond acceptors (Lipinski definition) is 9. The fourth-order valence-corrected chi connectivity index (χ4v) is 13.9. The maximum Gasteiger partial charge on any atom is 0.306 e. The monoisotopic (exact) mass is 1040 g/mol. The van der Waals surface area contributed by atoms with E-state index in [2.05, 4.69) is 34.6 Å². The molecule has 4 aliphatic rings. The largest absolute Gasteiger partial charge is 0.462 e. The van der Waals surface area contributed by atoms with Gasteiger partial charge in [0.1, 0.15) is 19.3 Å². The van der Waals surface area contributed by atoms with Crippen molar-refractivity contribution in [3.05, 3.63) is 11.6 Å². The fraction of sp³-hybridized carbons (Fsp3) is 0.892. The Morgan fingerprint density at radius 2 is 0.986 bits per heavy atom. The maximum absolute atomic E-state index is 13.2. The van der Waals surface area contributed by atoms with Gasteiger partial charge in [0, 0.05) is 37.5 Å². The average molecular weight is 1040 g/mol. The number of unbranched alkanes of at least 4 members (excludes halogenated alkanes) is 27. The molecule has 4 aliphatic carbocycles. The van der Waals surface area contributed by atoms with Crippen LogP contribution >= 0.6 is 0 Å². The minimum absolute atomic E-state index is 0.000721. The quantitative estimate of drug-likeness (QED) is 0.0334. The van der Waals surface area contributed by atoms with E-state index in [1.54, 1.807) is 0 Å². The molecule has 0 amide bonds. The molecule has 0 saturated heterocycles. The Morgan fingerprint density at radius 1 is 0.527 bits per heavy atom. The number of ketones is 1. The van der Waals surface area contributed by atoms with Gasteiger partial charge in [-0.1, -0.05) is 220 Å². The molecule has 0 radical (unpaired) electrons. The molecule has 0 heterocycles. The van der Waals surface area contributed by atoms with E-state index in [1.807, 2.05) is 6.08 Å². The van der Waals surface area contributed by atoms with E-state index < -0.39 is 6.10 Å². The molecular formula is C65H112O9. The van der Waals surface area contributed by atoms with Crippen LogP contribution in [-0.4, -0.2) is 55.1 Å². The van der Waals surface area contributed by atoms with Crippen LogP contribution in [0.2, 0.25) is 0 Å². The number of carbonyl (C=O) groups excluding carboxylic acids is 5. The molecule has 0 aliphatic heterocycles. The van der Waals surface area contributed by atoms with Gasteiger partial charge in [-0.3, -0.25) is 24.0 Å². The average Bonchev–Trinajstić information content (AvgIpc) is 3.71. The summed E-state index contributed by atoms with van der Waals surface area (Å²) in [5.41, 5.74) is 1.60. The Morgan fingerprint density at radius 3 is 1.49 bits per heavy atom. The maximum atomic E-state index is 13.2. The molecule has 3 saturated carbocycles. The summed E-state index contributed by atoms with van der Waals surface area (Å²) in [4.78, 5) is 64.2. The van der Waals surface area contributed by atoms with Gasteiger partial charge in [-0.25, -0.2) is 0 Å². The van der Waals surface area contributed by atoms with Gasteiger partial charge in [-0.2, -0.15) is 0 Å². The molecule has 1 unspecified atom stereocenters. The lowest BCUT2D eigenvalue weighted by atomic mass is 9.47. The second-order valence-electron chi connectivity index (χ2n) is 24.8. The highest BCUT2D eigenvalue weighted by Gasteiger charge is 2.60. The molecule has 0 bridgehead atoms. The Kier molecular flexibility index (Phi) is 32.1. The number of carbonyl (C=O) groups is 5. The number of ether oxygens (including phenoxy) is 4. The van der Waals surface area contributed by atoms with Gasteiger partial charge in [0.2, 0.25) is 0 Å². The molecule has 0 aromatic rings. The molecule has 9 heteroatoms. The summed E-state index contributed by atoms with van der Waals surface area (Å²) in [6.45, 7) is 11.2. The lowest BCUT2D eigenvalue weighted by molar-refractivity contribution is -0.167. The zero-order valence-electron chi connectivity index (χ0n) is 48.5. The lowest BCUT2D eigenvalue weighted by Crippen LogP contribution is -2.51. The van der Waals surface area contributed by atoms with Gasteiger partial charge in [-0.05, 0) is 99.4 Å². The molecule has 7 atom stereocenters. The van der Waals surface area contributed by atoms with E-state index in [4.69, 9.17) is 18.9 Å². The summed E-state index contributed by atoms with van der Waals surface area (Å²) < 4.78 is 23.3. The predicted octanol–water partition coefficient (Wildman–Crippen LogP) is 17.8. The van der Waals surface area contributed by atoms with Crippen LogP contribution in [0.1, 0.15) is 311 Å². The Labute approximate surface area is 453 Å². The highest BCUT2D eigenvalue weighted by Crippen LogP contribution is 2.65. The van der Waals surface area contributed by atoms with Crippen molar-refractivity contribution in [1.82, 2.24) is 0 Å². The van der Waals surface area contributed by atoms with Gasteiger partial charge in [-0.15, -0.1) is 0 Å². The molecule has 0 aromatic carbocycles. The lowest BCUT2D eigenvalue weighted by Gasteiger charge is -2.57. The van der Waals surface area contributed by atoms with Crippen molar-refractivity contribution >= 4 is 29.7 Å². The molecule has 0 aromatic heterocycles. The molecule has 3 fully saturated rings.